The molecule has 1 fully saturated rings. The number of alkyl halides is 1. The van der Waals surface area contributed by atoms with Gasteiger partial charge in [-0.15, -0.1) is 0 Å². The van der Waals surface area contributed by atoms with Gasteiger partial charge in [0.15, 0.2) is 0 Å². The Morgan fingerprint density at radius 2 is 1.29 bits per heavy atom. The van der Waals surface area contributed by atoms with Crippen LogP contribution in [0.3, 0.4) is 0 Å². The van der Waals surface area contributed by atoms with E-state index in [1.807, 2.05) is 11.0 Å². The number of ether oxygens (including phenoxy) is 2. The lowest BCUT2D eigenvalue weighted by Gasteiger charge is -2.31. The summed E-state index contributed by atoms with van der Waals surface area (Å²) < 4.78 is 12.4. The number of unbranched alkanes of at least 4 members (excludes halogenated alkanes) is 12. The molecule has 1 aliphatic heterocycles. The standard InChI is InChI=1S/C39H71IN2O5S/c1-4-7-10-13-14-17-20-33-46-37(43)25-21-29-42(39(45)48-36-27-31-41(34-40)32-28-36)30-22-26-38(44)47-35(23-18-15-11-8-5-2)24-19-16-12-9-6-3/h17,20,35-36H,4-16,18-19,21-34H2,1-3H3. The molecule has 0 unspecified atom stereocenters. The van der Waals surface area contributed by atoms with Gasteiger partial charge >= 0.3 is 11.9 Å². The van der Waals surface area contributed by atoms with E-state index < -0.39 is 0 Å². The van der Waals surface area contributed by atoms with E-state index in [0.29, 0.717) is 44.2 Å². The Morgan fingerprint density at radius 1 is 0.750 bits per heavy atom. The highest BCUT2D eigenvalue weighted by atomic mass is 127. The van der Waals surface area contributed by atoms with Gasteiger partial charge in [0.25, 0.3) is 5.24 Å². The number of esters is 2. The molecule has 0 N–H and O–H groups in total. The minimum atomic E-state index is -0.226. The van der Waals surface area contributed by atoms with Crippen LogP contribution in [-0.2, 0) is 19.1 Å². The van der Waals surface area contributed by atoms with Gasteiger partial charge in [0, 0.05) is 31.2 Å². The maximum atomic E-state index is 13.4. The molecular weight excluding hydrogens is 735 g/mol. The summed E-state index contributed by atoms with van der Waals surface area (Å²) in [5.41, 5.74) is 0. The van der Waals surface area contributed by atoms with E-state index in [4.69, 9.17) is 9.47 Å². The van der Waals surface area contributed by atoms with Gasteiger partial charge in [0.1, 0.15) is 12.7 Å². The summed E-state index contributed by atoms with van der Waals surface area (Å²) in [7, 11) is 0. The van der Waals surface area contributed by atoms with Crippen LogP contribution in [0.1, 0.15) is 168 Å². The first-order chi connectivity index (χ1) is 23.4. The molecule has 9 heteroatoms. The fourth-order valence-electron chi connectivity index (χ4n) is 6.03. The Labute approximate surface area is 313 Å². The molecule has 0 aromatic rings. The molecule has 0 spiro atoms. The molecular formula is C39H71IN2O5S. The molecule has 1 saturated heterocycles. The summed E-state index contributed by atoms with van der Waals surface area (Å²) in [6.07, 6.45) is 27.7. The van der Waals surface area contributed by atoms with Crippen LogP contribution >= 0.6 is 34.4 Å². The van der Waals surface area contributed by atoms with Crippen LogP contribution in [0.25, 0.3) is 0 Å². The highest BCUT2D eigenvalue weighted by Gasteiger charge is 2.25. The molecule has 1 heterocycles. The lowest BCUT2D eigenvalue weighted by molar-refractivity contribution is -0.150. The molecule has 1 amide bonds. The van der Waals surface area contributed by atoms with Crippen molar-refractivity contribution >= 4 is 51.5 Å². The van der Waals surface area contributed by atoms with E-state index in [1.54, 1.807) is 0 Å². The van der Waals surface area contributed by atoms with Crippen LogP contribution in [-0.4, -0.2) is 75.7 Å². The number of hydrogen-bond acceptors (Lipinski definition) is 7. The Morgan fingerprint density at radius 3 is 1.85 bits per heavy atom. The summed E-state index contributed by atoms with van der Waals surface area (Å²) in [5.74, 6) is -0.369. The molecule has 7 nitrogen and oxygen atoms in total. The number of thioether (sulfide) groups is 1. The predicted octanol–water partition coefficient (Wildman–Crippen LogP) is 11.3. The molecule has 280 valence electrons. The number of carbonyl (C=O) groups excluding carboxylic acids is 3. The Balaban J connectivity index is 2.58. The van der Waals surface area contributed by atoms with Crippen molar-refractivity contribution in [3.05, 3.63) is 12.2 Å². The Hall–Kier alpha value is -0.810. The second kappa shape index (κ2) is 32.1. The SMILES string of the molecule is CCCCCCC=CCOC(=O)CCCN(CCCC(=O)OC(CCCCCCC)CCCCCCC)C(=O)SC1CCN(CI)CC1. The molecule has 0 atom stereocenters. The molecule has 1 aliphatic rings. The van der Waals surface area contributed by atoms with E-state index in [9.17, 15) is 14.4 Å². The lowest BCUT2D eigenvalue weighted by Crippen LogP contribution is -2.36. The van der Waals surface area contributed by atoms with Crippen LogP contribution in [0.15, 0.2) is 12.2 Å². The zero-order chi connectivity index (χ0) is 35.1. The molecule has 0 aromatic carbocycles. The van der Waals surface area contributed by atoms with Crippen LogP contribution in [0, 0.1) is 0 Å². The van der Waals surface area contributed by atoms with Gasteiger partial charge in [0.2, 0.25) is 0 Å². The van der Waals surface area contributed by atoms with Gasteiger partial charge < -0.3 is 14.4 Å². The number of halogens is 1. The van der Waals surface area contributed by atoms with E-state index in [2.05, 4.69) is 54.3 Å². The fourth-order valence-corrected chi connectivity index (χ4v) is 7.78. The average molecular weight is 807 g/mol. The van der Waals surface area contributed by atoms with Gasteiger partial charge in [-0.3, -0.25) is 19.3 Å². The number of amides is 1. The van der Waals surface area contributed by atoms with E-state index in [-0.39, 0.29) is 29.7 Å². The van der Waals surface area contributed by atoms with Crippen molar-refractivity contribution in [1.82, 2.24) is 9.80 Å². The number of nitrogens with zero attached hydrogens (tertiary/aromatic N) is 2. The minimum Gasteiger partial charge on any atom is -0.462 e. The van der Waals surface area contributed by atoms with E-state index in [0.717, 1.165) is 62.6 Å². The molecule has 0 aliphatic carbocycles. The minimum absolute atomic E-state index is 0.00405. The smallest absolute Gasteiger partial charge is 0.306 e. The highest BCUT2D eigenvalue weighted by Crippen LogP contribution is 2.27. The maximum absolute atomic E-state index is 13.4. The molecule has 0 radical (unpaired) electrons. The summed E-state index contributed by atoms with van der Waals surface area (Å²) in [6, 6.07) is 0. The second-order valence-corrected chi connectivity index (χ2v) is 15.5. The van der Waals surface area contributed by atoms with Gasteiger partial charge in [0.05, 0.1) is 4.55 Å². The highest BCUT2D eigenvalue weighted by molar-refractivity contribution is 14.1. The quantitative estimate of drug-likeness (QED) is 0.0179. The third-order valence-electron chi connectivity index (χ3n) is 9.14. The fraction of sp³-hybridized carbons (Fsp3) is 0.872. The van der Waals surface area contributed by atoms with Crippen molar-refractivity contribution in [2.75, 3.05) is 37.3 Å². The number of piperidine rings is 1. The predicted molar refractivity (Wildman–Crippen MR) is 212 cm³/mol. The maximum Gasteiger partial charge on any atom is 0.306 e. The number of allylic oxidation sites excluding steroid dienone is 1. The van der Waals surface area contributed by atoms with Crippen molar-refractivity contribution in [1.29, 1.82) is 0 Å². The molecule has 0 aromatic heterocycles. The Kier molecular flexibility index (Phi) is 30.3. The van der Waals surface area contributed by atoms with E-state index >= 15 is 0 Å². The topological polar surface area (TPSA) is 76.1 Å². The van der Waals surface area contributed by atoms with Crippen molar-refractivity contribution in [3.8, 4) is 0 Å². The normalized spacial score (nSPS) is 14.2. The monoisotopic (exact) mass is 806 g/mol. The largest absolute Gasteiger partial charge is 0.462 e. The number of rotatable bonds is 30. The van der Waals surface area contributed by atoms with Crippen molar-refractivity contribution in [3.63, 3.8) is 0 Å². The van der Waals surface area contributed by atoms with E-state index in [1.165, 1.54) is 88.8 Å². The van der Waals surface area contributed by atoms with Crippen LogP contribution < -0.4 is 0 Å². The molecule has 0 saturated carbocycles. The summed E-state index contributed by atoms with van der Waals surface area (Å²) in [5, 5.41) is 0.381. The first-order valence-corrected chi connectivity index (χ1v) is 22.1. The summed E-state index contributed by atoms with van der Waals surface area (Å²) >= 11 is 3.84. The molecule has 1 rings (SSSR count). The van der Waals surface area contributed by atoms with Crippen molar-refractivity contribution < 1.29 is 23.9 Å². The second-order valence-electron chi connectivity index (χ2n) is 13.5. The summed E-state index contributed by atoms with van der Waals surface area (Å²) in [4.78, 5) is 43.1. The average Bonchev–Trinajstić information content (AvgIpc) is 3.08. The van der Waals surface area contributed by atoms with Gasteiger partial charge in [-0.05, 0) is 77.3 Å². The third-order valence-corrected chi connectivity index (χ3v) is 11.4. The lowest BCUT2D eigenvalue weighted by atomic mass is 10.0. The van der Waals surface area contributed by atoms with Crippen LogP contribution in [0.2, 0.25) is 0 Å². The van der Waals surface area contributed by atoms with Crippen molar-refractivity contribution in [2.45, 2.75) is 180 Å². The van der Waals surface area contributed by atoms with Crippen molar-refractivity contribution in [2.24, 2.45) is 0 Å². The Bertz CT molecular complexity index is 823. The van der Waals surface area contributed by atoms with Gasteiger partial charge in [-0.25, -0.2) is 0 Å². The summed E-state index contributed by atoms with van der Waals surface area (Å²) in [6.45, 7) is 10.0. The number of likely N-dealkylation sites (tertiary alicyclic amines) is 1. The first-order valence-electron chi connectivity index (χ1n) is 19.7. The third kappa shape index (κ3) is 25.2. The van der Waals surface area contributed by atoms with Gasteiger partial charge in [-0.1, -0.05) is 138 Å². The zero-order valence-electron chi connectivity index (χ0n) is 31.0. The molecule has 0 bridgehead atoms. The van der Waals surface area contributed by atoms with Gasteiger partial charge in [-0.2, -0.15) is 0 Å². The number of carbonyl (C=O) groups is 3. The van der Waals surface area contributed by atoms with Crippen LogP contribution in [0.5, 0.6) is 0 Å². The van der Waals surface area contributed by atoms with Crippen LogP contribution in [0.4, 0.5) is 4.79 Å². The zero-order valence-corrected chi connectivity index (χ0v) is 34.0. The number of hydrogen-bond donors (Lipinski definition) is 0. The molecule has 48 heavy (non-hydrogen) atoms. The first kappa shape index (κ1) is 45.2.